The molecule has 0 fully saturated rings. The first-order valence-electron chi connectivity index (χ1n) is 5.42. The lowest BCUT2D eigenvalue weighted by molar-refractivity contribution is -0.138. The van der Waals surface area contributed by atoms with E-state index >= 15 is 0 Å². The fourth-order valence-corrected chi connectivity index (χ4v) is 2.56. The Hall–Kier alpha value is -1.62. The first-order valence-corrected chi connectivity index (χ1v) is 6.23. The molecule has 0 bridgehead atoms. The Balaban J connectivity index is 2.27. The molecule has 5 heteroatoms. The lowest BCUT2D eigenvalue weighted by atomic mass is 10.3. The van der Waals surface area contributed by atoms with Gasteiger partial charge < -0.3 is 9.64 Å². The van der Waals surface area contributed by atoms with Gasteiger partial charge in [0.15, 0.2) is 5.13 Å². The SMILES string of the molecule is CCN(CC(=O)OC)c1nc2ccccc2s1. The van der Waals surface area contributed by atoms with E-state index in [1.165, 1.54) is 7.11 Å². The summed E-state index contributed by atoms with van der Waals surface area (Å²) in [7, 11) is 1.40. The highest BCUT2D eigenvalue weighted by Gasteiger charge is 2.14. The van der Waals surface area contributed by atoms with Gasteiger partial charge in [-0.25, -0.2) is 4.98 Å². The number of anilines is 1. The number of carbonyl (C=O) groups is 1. The van der Waals surface area contributed by atoms with Crippen LogP contribution in [0.4, 0.5) is 5.13 Å². The van der Waals surface area contributed by atoms with Crippen LogP contribution in [0.25, 0.3) is 10.2 Å². The number of nitrogens with zero attached hydrogens (tertiary/aromatic N) is 2. The Morgan fingerprint density at radius 1 is 1.47 bits per heavy atom. The standard InChI is InChI=1S/C12H14N2O2S/c1-3-14(8-11(15)16-2)12-13-9-6-4-5-7-10(9)17-12/h4-7H,3,8H2,1-2H3. The number of thiazole rings is 1. The number of likely N-dealkylation sites (N-methyl/N-ethyl adjacent to an activating group) is 1. The molecule has 0 aliphatic rings. The molecular weight excluding hydrogens is 236 g/mol. The van der Waals surface area contributed by atoms with E-state index in [0.717, 1.165) is 21.9 Å². The third-order valence-electron chi connectivity index (χ3n) is 2.48. The summed E-state index contributed by atoms with van der Waals surface area (Å²) in [5.41, 5.74) is 0.968. The number of hydrogen-bond donors (Lipinski definition) is 0. The summed E-state index contributed by atoms with van der Waals surface area (Å²) in [5.74, 6) is -0.244. The van der Waals surface area contributed by atoms with Gasteiger partial charge in [0.1, 0.15) is 6.54 Å². The van der Waals surface area contributed by atoms with E-state index in [9.17, 15) is 4.79 Å². The monoisotopic (exact) mass is 250 g/mol. The third kappa shape index (κ3) is 2.55. The molecular formula is C12H14N2O2S. The molecule has 1 heterocycles. The second-order valence-electron chi connectivity index (χ2n) is 3.55. The summed E-state index contributed by atoms with van der Waals surface area (Å²) >= 11 is 1.59. The first-order chi connectivity index (χ1) is 8.24. The third-order valence-corrected chi connectivity index (χ3v) is 3.58. The van der Waals surface area contributed by atoms with Crippen LogP contribution in [-0.2, 0) is 9.53 Å². The maximum absolute atomic E-state index is 11.3. The van der Waals surface area contributed by atoms with Gasteiger partial charge in [0, 0.05) is 6.54 Å². The highest BCUT2D eigenvalue weighted by atomic mass is 32.1. The van der Waals surface area contributed by atoms with Crippen molar-refractivity contribution in [3.05, 3.63) is 24.3 Å². The molecule has 1 aromatic heterocycles. The maximum Gasteiger partial charge on any atom is 0.325 e. The number of methoxy groups -OCH3 is 1. The van der Waals surface area contributed by atoms with Crippen LogP contribution in [0.3, 0.4) is 0 Å². The van der Waals surface area contributed by atoms with Gasteiger partial charge in [-0.05, 0) is 19.1 Å². The predicted octanol–water partition coefficient (Wildman–Crippen LogP) is 2.30. The molecule has 0 radical (unpaired) electrons. The van der Waals surface area contributed by atoms with E-state index < -0.39 is 0 Å². The van der Waals surface area contributed by atoms with E-state index in [4.69, 9.17) is 0 Å². The van der Waals surface area contributed by atoms with Gasteiger partial charge in [0.25, 0.3) is 0 Å². The van der Waals surface area contributed by atoms with Crippen LogP contribution >= 0.6 is 11.3 Å². The molecule has 4 nitrogen and oxygen atoms in total. The van der Waals surface area contributed by atoms with E-state index in [1.54, 1.807) is 11.3 Å². The molecule has 2 rings (SSSR count). The molecule has 1 aromatic carbocycles. The number of aromatic nitrogens is 1. The lowest BCUT2D eigenvalue weighted by Gasteiger charge is -2.17. The van der Waals surface area contributed by atoms with Crippen LogP contribution in [0.1, 0.15) is 6.92 Å². The van der Waals surface area contributed by atoms with Gasteiger partial charge in [-0.3, -0.25) is 4.79 Å². The van der Waals surface area contributed by atoms with Gasteiger partial charge in [-0.15, -0.1) is 0 Å². The zero-order valence-corrected chi connectivity index (χ0v) is 10.7. The summed E-state index contributed by atoms with van der Waals surface area (Å²) in [5, 5.41) is 0.860. The largest absolute Gasteiger partial charge is 0.468 e. The van der Waals surface area contributed by atoms with Gasteiger partial charge in [-0.2, -0.15) is 0 Å². The number of rotatable bonds is 4. The molecule has 0 aliphatic heterocycles. The Bertz CT molecular complexity index is 491. The molecule has 2 aromatic rings. The number of carbonyl (C=O) groups excluding carboxylic acids is 1. The molecule has 0 saturated heterocycles. The molecule has 0 amide bonds. The van der Waals surface area contributed by atoms with Crippen molar-refractivity contribution >= 4 is 32.7 Å². The number of benzene rings is 1. The van der Waals surface area contributed by atoms with Crippen molar-refractivity contribution in [1.82, 2.24) is 4.98 Å². The number of esters is 1. The Morgan fingerprint density at radius 3 is 2.88 bits per heavy atom. The average Bonchev–Trinajstić information content (AvgIpc) is 2.78. The number of fused-ring (bicyclic) bond motifs is 1. The predicted molar refractivity (Wildman–Crippen MR) is 69.5 cm³/mol. The van der Waals surface area contributed by atoms with Gasteiger partial charge in [0.05, 0.1) is 17.3 Å². The van der Waals surface area contributed by atoms with Crippen LogP contribution in [0.5, 0.6) is 0 Å². The van der Waals surface area contributed by atoms with Crippen LogP contribution in [0, 0.1) is 0 Å². The minimum absolute atomic E-state index is 0.243. The Kier molecular flexibility index (Phi) is 3.58. The highest BCUT2D eigenvalue weighted by molar-refractivity contribution is 7.22. The van der Waals surface area contributed by atoms with Crippen molar-refractivity contribution in [2.45, 2.75) is 6.92 Å². The minimum Gasteiger partial charge on any atom is -0.468 e. The average molecular weight is 250 g/mol. The molecule has 0 N–H and O–H groups in total. The number of hydrogen-bond acceptors (Lipinski definition) is 5. The van der Waals surface area contributed by atoms with E-state index in [2.05, 4.69) is 9.72 Å². The van der Waals surface area contributed by atoms with Gasteiger partial charge >= 0.3 is 5.97 Å². The summed E-state index contributed by atoms with van der Waals surface area (Å²) < 4.78 is 5.80. The minimum atomic E-state index is -0.244. The quantitative estimate of drug-likeness (QED) is 0.781. The molecule has 0 spiro atoms. The molecule has 0 atom stereocenters. The van der Waals surface area contributed by atoms with Crippen molar-refractivity contribution in [2.24, 2.45) is 0 Å². The van der Waals surface area contributed by atoms with E-state index in [-0.39, 0.29) is 12.5 Å². The first kappa shape index (κ1) is 11.9. The summed E-state index contributed by atoms with van der Waals surface area (Å²) in [6.45, 7) is 2.97. The van der Waals surface area contributed by atoms with Crippen molar-refractivity contribution < 1.29 is 9.53 Å². The van der Waals surface area contributed by atoms with Crippen LogP contribution in [0.15, 0.2) is 24.3 Å². The molecule has 90 valence electrons. The molecule has 0 unspecified atom stereocenters. The van der Waals surface area contributed by atoms with Crippen molar-refractivity contribution in [2.75, 3.05) is 25.1 Å². The highest BCUT2D eigenvalue weighted by Crippen LogP contribution is 2.28. The lowest BCUT2D eigenvalue weighted by Crippen LogP contribution is -2.30. The van der Waals surface area contributed by atoms with Gasteiger partial charge in [-0.1, -0.05) is 23.5 Å². The maximum atomic E-state index is 11.3. The zero-order valence-electron chi connectivity index (χ0n) is 9.84. The fourth-order valence-electron chi connectivity index (χ4n) is 1.53. The van der Waals surface area contributed by atoms with Crippen molar-refractivity contribution in [3.63, 3.8) is 0 Å². The van der Waals surface area contributed by atoms with Crippen LogP contribution in [0.2, 0.25) is 0 Å². The summed E-state index contributed by atoms with van der Waals surface area (Å²) in [6, 6.07) is 7.95. The van der Waals surface area contributed by atoms with Crippen molar-refractivity contribution in [3.8, 4) is 0 Å². The smallest absolute Gasteiger partial charge is 0.325 e. The fraction of sp³-hybridized carbons (Fsp3) is 0.333. The topological polar surface area (TPSA) is 42.4 Å². The normalized spacial score (nSPS) is 10.5. The van der Waals surface area contributed by atoms with Crippen molar-refractivity contribution in [1.29, 1.82) is 0 Å². The number of ether oxygens (including phenoxy) is 1. The van der Waals surface area contributed by atoms with E-state index in [1.807, 2.05) is 36.1 Å². The summed E-state index contributed by atoms with van der Waals surface area (Å²) in [6.07, 6.45) is 0. The molecule has 17 heavy (non-hydrogen) atoms. The molecule has 0 saturated carbocycles. The van der Waals surface area contributed by atoms with Gasteiger partial charge in [0.2, 0.25) is 0 Å². The zero-order chi connectivity index (χ0) is 12.3. The second kappa shape index (κ2) is 5.14. The van der Waals surface area contributed by atoms with Crippen LogP contribution < -0.4 is 4.90 Å². The Morgan fingerprint density at radius 2 is 2.24 bits per heavy atom. The number of para-hydroxylation sites is 1. The molecule has 0 aliphatic carbocycles. The second-order valence-corrected chi connectivity index (χ2v) is 4.56. The van der Waals surface area contributed by atoms with E-state index in [0.29, 0.717) is 0 Å². The Labute approximate surface area is 104 Å². The summed E-state index contributed by atoms with van der Waals surface area (Å²) in [4.78, 5) is 17.7. The van der Waals surface area contributed by atoms with Crippen LogP contribution in [-0.4, -0.2) is 31.2 Å².